The number of nitrogens with one attached hydrogen (secondary N) is 1. The minimum atomic E-state index is 0.134. The van der Waals surface area contributed by atoms with Crippen LogP contribution in [0.2, 0.25) is 0 Å². The summed E-state index contributed by atoms with van der Waals surface area (Å²) < 4.78 is 4.36. The van der Waals surface area contributed by atoms with Crippen molar-refractivity contribution in [2.45, 2.75) is 45.4 Å². The smallest absolute Gasteiger partial charge is 0.225 e. The molecule has 0 saturated carbocycles. The monoisotopic (exact) mass is 224 g/mol. The van der Waals surface area contributed by atoms with E-state index in [4.69, 9.17) is 0 Å². The number of rotatable bonds is 4. The third-order valence-corrected chi connectivity index (χ3v) is 3.56. The highest BCUT2D eigenvalue weighted by Gasteiger charge is 2.19. The number of nitrogens with zero attached hydrogens (tertiary/aromatic N) is 1. The Balaban J connectivity index is 1.96. The zero-order chi connectivity index (χ0) is 10.7. The molecule has 15 heavy (non-hydrogen) atoms. The number of hydrogen-bond acceptors (Lipinski definition) is 3. The second kappa shape index (κ2) is 4.75. The Morgan fingerprint density at radius 3 is 3.20 bits per heavy atom. The van der Waals surface area contributed by atoms with E-state index >= 15 is 0 Å². The molecule has 0 atom stereocenters. The number of aryl methyl sites for hydroxylation is 1. The van der Waals surface area contributed by atoms with E-state index in [1.165, 1.54) is 29.2 Å². The van der Waals surface area contributed by atoms with Gasteiger partial charge in [-0.25, -0.2) is 0 Å². The van der Waals surface area contributed by atoms with E-state index in [1.807, 2.05) is 0 Å². The van der Waals surface area contributed by atoms with E-state index in [2.05, 4.69) is 16.6 Å². The molecule has 0 aromatic carbocycles. The van der Waals surface area contributed by atoms with Gasteiger partial charge in [-0.2, -0.15) is 4.37 Å². The summed E-state index contributed by atoms with van der Waals surface area (Å²) >= 11 is 1.43. The van der Waals surface area contributed by atoms with Crippen LogP contribution in [0.3, 0.4) is 0 Å². The van der Waals surface area contributed by atoms with Crippen LogP contribution in [0.5, 0.6) is 0 Å². The maximum atomic E-state index is 11.5. The molecule has 1 amide bonds. The van der Waals surface area contributed by atoms with Gasteiger partial charge in [-0.05, 0) is 37.2 Å². The second-order valence-electron chi connectivity index (χ2n) is 3.94. The zero-order valence-electron chi connectivity index (χ0n) is 9.01. The van der Waals surface area contributed by atoms with Crippen LogP contribution in [0.4, 0.5) is 5.00 Å². The number of unbranched alkanes of at least 4 members (excludes halogenated alkanes) is 1. The SMILES string of the molecule is CCCCC(=O)Nc1snc2c1CCC2. The number of amides is 1. The second-order valence-corrected chi connectivity index (χ2v) is 4.72. The van der Waals surface area contributed by atoms with Crippen LogP contribution in [-0.2, 0) is 17.6 Å². The van der Waals surface area contributed by atoms with Gasteiger partial charge in [0.1, 0.15) is 5.00 Å². The lowest BCUT2D eigenvalue weighted by molar-refractivity contribution is -0.116. The first kappa shape index (κ1) is 10.6. The van der Waals surface area contributed by atoms with Crippen molar-refractivity contribution >= 4 is 22.4 Å². The molecule has 0 radical (unpaired) electrons. The fourth-order valence-corrected chi connectivity index (χ4v) is 2.75. The van der Waals surface area contributed by atoms with Gasteiger partial charge in [0.2, 0.25) is 5.91 Å². The van der Waals surface area contributed by atoms with Crippen molar-refractivity contribution < 1.29 is 4.79 Å². The number of hydrogen-bond donors (Lipinski definition) is 1. The maximum Gasteiger partial charge on any atom is 0.225 e. The number of carbonyl (C=O) groups excluding carboxylic acids is 1. The quantitative estimate of drug-likeness (QED) is 0.854. The molecule has 0 saturated heterocycles. The molecule has 1 aromatic rings. The van der Waals surface area contributed by atoms with Crippen molar-refractivity contribution in [2.24, 2.45) is 0 Å². The van der Waals surface area contributed by atoms with Crippen LogP contribution in [0, 0.1) is 0 Å². The first-order valence-corrected chi connectivity index (χ1v) is 6.36. The molecular weight excluding hydrogens is 208 g/mol. The fourth-order valence-electron chi connectivity index (χ4n) is 1.85. The van der Waals surface area contributed by atoms with Crippen molar-refractivity contribution in [1.29, 1.82) is 0 Å². The third kappa shape index (κ3) is 2.37. The lowest BCUT2D eigenvalue weighted by Gasteiger charge is -2.02. The summed E-state index contributed by atoms with van der Waals surface area (Å²) in [7, 11) is 0. The van der Waals surface area contributed by atoms with Crippen molar-refractivity contribution in [3.8, 4) is 0 Å². The van der Waals surface area contributed by atoms with Gasteiger partial charge in [0, 0.05) is 12.0 Å². The van der Waals surface area contributed by atoms with Crippen molar-refractivity contribution in [3.63, 3.8) is 0 Å². The highest BCUT2D eigenvalue weighted by atomic mass is 32.1. The average molecular weight is 224 g/mol. The summed E-state index contributed by atoms with van der Waals surface area (Å²) in [4.78, 5) is 11.5. The molecule has 0 spiro atoms. The van der Waals surface area contributed by atoms with Crippen molar-refractivity contribution in [1.82, 2.24) is 4.37 Å². The van der Waals surface area contributed by atoms with Gasteiger partial charge in [0.05, 0.1) is 5.69 Å². The summed E-state index contributed by atoms with van der Waals surface area (Å²) in [5.41, 5.74) is 2.48. The van der Waals surface area contributed by atoms with Crippen LogP contribution >= 0.6 is 11.5 Å². The molecule has 1 aliphatic rings. The zero-order valence-corrected chi connectivity index (χ0v) is 9.82. The number of carbonyl (C=O) groups is 1. The fraction of sp³-hybridized carbons (Fsp3) is 0.636. The Labute approximate surface area is 94.1 Å². The Morgan fingerprint density at radius 2 is 2.40 bits per heavy atom. The van der Waals surface area contributed by atoms with Gasteiger partial charge in [0.25, 0.3) is 0 Å². The van der Waals surface area contributed by atoms with Crippen molar-refractivity contribution in [3.05, 3.63) is 11.3 Å². The van der Waals surface area contributed by atoms with Gasteiger partial charge in [-0.15, -0.1) is 0 Å². The normalized spacial score (nSPS) is 13.9. The highest BCUT2D eigenvalue weighted by Crippen LogP contribution is 2.32. The van der Waals surface area contributed by atoms with E-state index in [0.717, 1.165) is 30.7 Å². The molecule has 1 N–H and O–H groups in total. The summed E-state index contributed by atoms with van der Waals surface area (Å²) in [5.74, 6) is 0.134. The predicted octanol–water partition coefficient (Wildman–Crippen LogP) is 2.76. The van der Waals surface area contributed by atoms with Crippen LogP contribution in [0.1, 0.15) is 43.9 Å². The molecule has 1 aromatic heterocycles. The molecular formula is C11H16N2OS. The van der Waals surface area contributed by atoms with E-state index in [1.54, 1.807) is 0 Å². The van der Waals surface area contributed by atoms with E-state index in [9.17, 15) is 4.79 Å². The molecule has 2 rings (SSSR count). The van der Waals surface area contributed by atoms with Gasteiger partial charge < -0.3 is 5.32 Å². The van der Waals surface area contributed by atoms with E-state index in [-0.39, 0.29) is 5.91 Å². The lowest BCUT2D eigenvalue weighted by Crippen LogP contribution is -2.10. The largest absolute Gasteiger partial charge is 0.316 e. The van der Waals surface area contributed by atoms with Gasteiger partial charge in [0.15, 0.2) is 0 Å². The molecule has 1 heterocycles. The molecule has 4 heteroatoms. The summed E-state index contributed by atoms with van der Waals surface area (Å²) in [6.45, 7) is 2.09. The molecule has 1 aliphatic carbocycles. The minimum Gasteiger partial charge on any atom is -0.316 e. The van der Waals surface area contributed by atoms with E-state index < -0.39 is 0 Å². The molecule has 0 fully saturated rings. The number of anilines is 1. The van der Waals surface area contributed by atoms with Crippen LogP contribution in [0.15, 0.2) is 0 Å². The number of aromatic nitrogens is 1. The Bertz CT molecular complexity index is 359. The number of fused-ring (bicyclic) bond motifs is 1. The van der Waals surface area contributed by atoms with Gasteiger partial charge in [-0.1, -0.05) is 13.3 Å². The van der Waals surface area contributed by atoms with Crippen molar-refractivity contribution in [2.75, 3.05) is 5.32 Å². The van der Waals surface area contributed by atoms with Gasteiger partial charge in [-0.3, -0.25) is 4.79 Å². The lowest BCUT2D eigenvalue weighted by atomic mass is 10.2. The molecule has 0 unspecified atom stereocenters. The molecule has 82 valence electrons. The highest BCUT2D eigenvalue weighted by molar-refractivity contribution is 7.10. The van der Waals surface area contributed by atoms with Crippen LogP contribution < -0.4 is 5.32 Å². The molecule has 0 aliphatic heterocycles. The van der Waals surface area contributed by atoms with Crippen LogP contribution in [-0.4, -0.2) is 10.3 Å². The molecule has 3 nitrogen and oxygen atoms in total. The van der Waals surface area contributed by atoms with E-state index in [0.29, 0.717) is 6.42 Å². The van der Waals surface area contributed by atoms with Gasteiger partial charge >= 0.3 is 0 Å². The third-order valence-electron chi connectivity index (χ3n) is 2.72. The Hall–Kier alpha value is -0.900. The first-order chi connectivity index (χ1) is 7.31. The Kier molecular flexibility index (Phi) is 3.36. The maximum absolute atomic E-state index is 11.5. The molecule has 0 bridgehead atoms. The topological polar surface area (TPSA) is 42.0 Å². The average Bonchev–Trinajstić information content (AvgIpc) is 2.80. The van der Waals surface area contributed by atoms with Crippen LogP contribution in [0.25, 0.3) is 0 Å². The summed E-state index contributed by atoms with van der Waals surface area (Å²) in [6, 6.07) is 0. The minimum absolute atomic E-state index is 0.134. The first-order valence-electron chi connectivity index (χ1n) is 5.58. The predicted molar refractivity (Wildman–Crippen MR) is 62.3 cm³/mol. The standard InChI is InChI=1S/C11H16N2OS/c1-2-3-7-10(14)12-11-8-5-4-6-9(8)13-15-11/h2-7H2,1H3,(H,12,14). The summed E-state index contributed by atoms with van der Waals surface area (Å²) in [6.07, 6.45) is 6.00. The summed E-state index contributed by atoms with van der Waals surface area (Å²) in [5, 5.41) is 3.96. The Morgan fingerprint density at radius 1 is 1.53 bits per heavy atom.